The first-order valence-corrected chi connectivity index (χ1v) is 8.71. The second kappa shape index (κ2) is 12.9. The van der Waals surface area contributed by atoms with Gasteiger partial charge in [0, 0.05) is 13.1 Å². The van der Waals surface area contributed by atoms with Gasteiger partial charge in [-0.25, -0.2) is 0 Å². The molecule has 0 aromatic rings. The third-order valence-electron chi connectivity index (χ3n) is 2.85. The summed E-state index contributed by atoms with van der Waals surface area (Å²) < 4.78 is 17.0. The van der Waals surface area contributed by atoms with Gasteiger partial charge in [-0.05, 0) is 0 Å². The van der Waals surface area contributed by atoms with E-state index in [2.05, 4.69) is 10.1 Å². The Morgan fingerprint density at radius 3 is 2.45 bits per heavy atom. The maximum absolute atomic E-state index is 8.85. The van der Waals surface area contributed by atoms with Crippen molar-refractivity contribution in [1.82, 2.24) is 5.32 Å². The van der Waals surface area contributed by atoms with Crippen molar-refractivity contribution in [1.29, 1.82) is 0 Å². The Labute approximate surface area is 148 Å². The first-order chi connectivity index (χ1) is 10.2. The maximum atomic E-state index is 8.85. The van der Waals surface area contributed by atoms with Gasteiger partial charge in [0.1, 0.15) is 0 Å². The van der Waals surface area contributed by atoms with Crippen LogP contribution in [0.1, 0.15) is 13.8 Å². The minimum atomic E-state index is -0.243. The van der Waals surface area contributed by atoms with Crippen molar-refractivity contribution in [3.8, 4) is 0 Å². The van der Waals surface area contributed by atoms with Crippen LogP contribution in [-0.4, -0.2) is 56.1 Å². The van der Waals surface area contributed by atoms with E-state index in [1.54, 1.807) is 6.08 Å². The number of hydrogen-bond acceptors (Lipinski definition) is 4. The van der Waals surface area contributed by atoms with E-state index >= 15 is 0 Å². The van der Waals surface area contributed by atoms with Gasteiger partial charge in [0.25, 0.3) is 0 Å². The molecule has 1 aliphatic carbocycles. The van der Waals surface area contributed by atoms with Gasteiger partial charge in [0.2, 0.25) is 0 Å². The van der Waals surface area contributed by atoms with E-state index in [-0.39, 0.29) is 18.5 Å². The molecule has 1 atom stereocenters. The minimum absolute atomic E-state index is 0. The topological polar surface area (TPSA) is 76.1 Å². The molecule has 0 spiro atoms. The number of halogens is 1. The van der Waals surface area contributed by atoms with Crippen LogP contribution in [0.2, 0.25) is 0 Å². The Morgan fingerprint density at radius 1 is 1.36 bits per heavy atom. The summed E-state index contributed by atoms with van der Waals surface area (Å²) in [5.74, 6) is 0.793. The first kappa shape index (κ1) is 21.5. The third-order valence-corrected chi connectivity index (χ3v) is 4.07. The maximum Gasteiger partial charge on any atom is -1.00 e. The number of allylic oxidation sites excluding steroid dienone is 1. The van der Waals surface area contributed by atoms with E-state index in [1.165, 1.54) is 0 Å². The predicted octanol–water partition coefficient (Wildman–Crippen LogP) is -1.96. The molecule has 0 bridgehead atoms. The molecule has 0 radical (unpaired) electrons. The molecule has 0 aromatic carbocycles. The van der Waals surface area contributed by atoms with E-state index in [0.29, 0.717) is 18.9 Å². The van der Waals surface area contributed by atoms with E-state index in [1.807, 2.05) is 19.9 Å². The minimum Gasteiger partial charge on any atom is -1.00 e. The van der Waals surface area contributed by atoms with E-state index in [9.17, 15) is 0 Å². The number of morpholine rings is 1. The molecule has 1 unspecified atom stereocenters. The summed E-state index contributed by atoms with van der Waals surface area (Å²) in [7, 11) is 0. The van der Waals surface area contributed by atoms with Crippen LogP contribution in [0.3, 0.4) is 0 Å². The van der Waals surface area contributed by atoms with Crippen LogP contribution in [0.5, 0.6) is 0 Å². The monoisotopic (exact) mass is 379 g/mol. The van der Waals surface area contributed by atoms with Crippen molar-refractivity contribution in [2.75, 3.05) is 39.5 Å². The number of nitrogens with zero attached hydrogens (tertiary/aromatic N) is 2. The molecule has 0 aromatic heterocycles. The molecule has 120 valence electrons. The third kappa shape index (κ3) is 7.64. The summed E-state index contributed by atoms with van der Waals surface area (Å²) in [5, 5.41) is 3.16. The number of rotatable bonds is 4. The summed E-state index contributed by atoms with van der Waals surface area (Å²) >= 11 is 0.994. The van der Waals surface area contributed by atoms with Crippen LogP contribution < -0.4 is 17.7 Å². The summed E-state index contributed by atoms with van der Waals surface area (Å²) in [6.07, 6.45) is 3.44. The van der Waals surface area contributed by atoms with Gasteiger partial charge < -0.3 is 22.5 Å². The summed E-state index contributed by atoms with van der Waals surface area (Å²) in [4.78, 5) is 3.22. The molecule has 2 aliphatic rings. The zero-order valence-corrected chi connectivity index (χ0v) is 16.9. The fourth-order valence-corrected chi connectivity index (χ4v) is 2.74. The Morgan fingerprint density at radius 2 is 2.05 bits per heavy atom. The van der Waals surface area contributed by atoms with Crippen molar-refractivity contribution >= 4 is 5.71 Å². The van der Waals surface area contributed by atoms with Crippen LogP contribution in [0.15, 0.2) is 22.1 Å². The predicted molar refractivity (Wildman–Crippen MR) is 75.5 cm³/mol. The van der Waals surface area contributed by atoms with Crippen molar-refractivity contribution in [3.63, 3.8) is 0 Å². The SMILES string of the molecule is C1COCCN1.CCOC1=CC(=[N+]=[N-])C(OCC)C=[C]1[Zn+].[Cl-]. The van der Waals surface area contributed by atoms with Crippen molar-refractivity contribution in [2.24, 2.45) is 0 Å². The van der Waals surface area contributed by atoms with Crippen LogP contribution in [-0.2, 0) is 32.5 Å². The molecule has 1 fully saturated rings. The van der Waals surface area contributed by atoms with E-state index in [0.717, 1.165) is 54.5 Å². The van der Waals surface area contributed by atoms with Crippen molar-refractivity contribution in [3.05, 3.63) is 27.6 Å². The quantitative estimate of drug-likeness (QED) is 0.349. The second-order valence-electron chi connectivity index (χ2n) is 4.40. The van der Waals surface area contributed by atoms with Gasteiger partial charge in [-0.15, -0.1) is 0 Å². The van der Waals surface area contributed by atoms with Crippen LogP contribution in [0.4, 0.5) is 0 Å². The van der Waals surface area contributed by atoms with Crippen LogP contribution in [0, 0.1) is 0 Å². The number of ether oxygens (including phenoxy) is 3. The normalized spacial score (nSPS) is 20.5. The van der Waals surface area contributed by atoms with Gasteiger partial charge in [0.15, 0.2) is 0 Å². The van der Waals surface area contributed by atoms with Gasteiger partial charge in [-0.2, -0.15) is 0 Å². The molecule has 0 saturated carbocycles. The molecular formula is C14H22ClN3O3Zn. The fraction of sp³-hybridized carbons (Fsp3) is 0.643. The van der Waals surface area contributed by atoms with E-state index < -0.39 is 0 Å². The molecule has 1 aliphatic heterocycles. The largest absolute Gasteiger partial charge is 1.00 e. The summed E-state index contributed by atoms with van der Waals surface area (Å²) in [5.41, 5.74) is 9.35. The molecule has 1 saturated heterocycles. The molecule has 0 amide bonds. The summed E-state index contributed by atoms with van der Waals surface area (Å²) in [6, 6.07) is 0. The number of nitrogens with one attached hydrogen (secondary N) is 1. The Kier molecular flexibility index (Phi) is 12.6. The molecule has 1 N–H and O–H groups in total. The Bertz CT molecular complexity index is 422. The molecule has 6 nitrogen and oxygen atoms in total. The molecule has 1 heterocycles. The van der Waals surface area contributed by atoms with Crippen LogP contribution >= 0.6 is 0 Å². The molecule has 8 heteroatoms. The average Bonchev–Trinajstić information content (AvgIpc) is 2.53. The van der Waals surface area contributed by atoms with Gasteiger partial charge in [-0.1, -0.05) is 0 Å². The zero-order chi connectivity index (χ0) is 15.5. The molecule has 2 rings (SSSR count). The number of hydrogen-bond donors (Lipinski definition) is 1. The first-order valence-electron chi connectivity index (χ1n) is 7.23. The Balaban J connectivity index is 0.000000529. The van der Waals surface area contributed by atoms with Crippen molar-refractivity contribution in [2.45, 2.75) is 20.0 Å². The fourth-order valence-electron chi connectivity index (χ4n) is 1.86. The van der Waals surface area contributed by atoms with E-state index in [4.69, 9.17) is 19.7 Å². The Hall–Kier alpha value is -0.547. The van der Waals surface area contributed by atoms with Crippen LogP contribution in [0.25, 0.3) is 5.53 Å². The standard InChI is InChI=1S/C10H13N2O2.C4H9NO.ClH.Zn/c1-3-13-8-5-6-10(14-4-2)9(7-8)12-11;1-3-6-4-2-5-1;;/h6-7,10H,3-4H2,1-2H3;5H,1-4H2;1H;/q;;;+1/p-1. The molecule has 22 heavy (non-hydrogen) atoms. The van der Waals surface area contributed by atoms with Crippen molar-refractivity contribution < 1.29 is 49.7 Å². The summed E-state index contributed by atoms with van der Waals surface area (Å²) in [6.45, 7) is 8.88. The van der Waals surface area contributed by atoms with Gasteiger partial charge in [-0.3, -0.25) is 0 Å². The smallest absolute Gasteiger partial charge is 1.00 e. The zero-order valence-electron chi connectivity index (χ0n) is 13.2. The average molecular weight is 381 g/mol. The van der Waals surface area contributed by atoms with Gasteiger partial charge >= 0.3 is 99.1 Å². The van der Waals surface area contributed by atoms with Gasteiger partial charge in [0.05, 0.1) is 13.2 Å². The second-order valence-corrected chi connectivity index (χ2v) is 6.00. The molecular weight excluding hydrogens is 359 g/mol.